The van der Waals surface area contributed by atoms with Crippen LogP contribution in [-0.4, -0.2) is 26.0 Å². The van der Waals surface area contributed by atoms with Crippen LogP contribution in [0.4, 0.5) is 5.69 Å². The van der Waals surface area contributed by atoms with Gasteiger partial charge in [-0.2, -0.15) is 0 Å². The highest BCUT2D eigenvalue weighted by molar-refractivity contribution is 7.89. The topological polar surface area (TPSA) is 101 Å². The summed E-state index contributed by atoms with van der Waals surface area (Å²) < 4.78 is 32.3. The summed E-state index contributed by atoms with van der Waals surface area (Å²) in [5.41, 5.74) is 1.89. The molecule has 1 aromatic heterocycles. The van der Waals surface area contributed by atoms with E-state index in [4.69, 9.17) is 4.52 Å². The zero-order valence-electron chi connectivity index (χ0n) is 15.9. The van der Waals surface area contributed by atoms with Crippen LogP contribution in [0.25, 0.3) is 12.2 Å². The maximum atomic E-state index is 12.3. The Morgan fingerprint density at radius 1 is 1.22 bits per heavy atom. The number of sulfonamides is 1. The zero-order valence-corrected chi connectivity index (χ0v) is 16.8. The molecule has 0 radical (unpaired) electrons. The van der Waals surface area contributed by atoms with Gasteiger partial charge in [0.15, 0.2) is 5.76 Å². The summed E-state index contributed by atoms with van der Waals surface area (Å²) in [6.45, 7) is 7.65. The molecule has 146 valence electrons. The van der Waals surface area contributed by atoms with Crippen LogP contribution in [0.5, 0.6) is 0 Å². The summed E-state index contributed by atoms with van der Waals surface area (Å²) in [6.07, 6.45) is 4.22. The van der Waals surface area contributed by atoms with Crippen LogP contribution >= 0.6 is 0 Å². The van der Waals surface area contributed by atoms with Gasteiger partial charge in [-0.15, -0.1) is 0 Å². The number of nitrogens with zero attached hydrogens (tertiary/aromatic N) is 1. The second kappa shape index (κ2) is 8.96. The summed E-state index contributed by atoms with van der Waals surface area (Å²) in [5.74, 6) is 0.646. The summed E-state index contributed by atoms with van der Waals surface area (Å²) >= 11 is 0. The zero-order chi connectivity index (χ0) is 20.0. The van der Waals surface area contributed by atoms with E-state index in [0.29, 0.717) is 29.6 Å². The molecular formula is C19H25N3O4S. The first kappa shape index (κ1) is 20.9. The lowest BCUT2D eigenvalue weighted by molar-refractivity contribution is -0.114. The van der Waals surface area contributed by atoms with Crippen molar-refractivity contribution in [2.24, 2.45) is 5.92 Å². The molecule has 27 heavy (non-hydrogen) atoms. The Kier molecular flexibility index (Phi) is 6.92. The normalized spacial score (nSPS) is 12.0. The Bertz CT molecular complexity index is 913. The van der Waals surface area contributed by atoms with Gasteiger partial charge in [-0.25, -0.2) is 13.1 Å². The number of hydrogen-bond donors (Lipinski definition) is 2. The molecule has 8 heteroatoms. The first-order valence-electron chi connectivity index (χ1n) is 8.70. The van der Waals surface area contributed by atoms with Crippen LogP contribution in [0, 0.1) is 12.8 Å². The molecule has 0 atom stereocenters. The molecule has 0 aliphatic heterocycles. The van der Waals surface area contributed by atoms with Gasteiger partial charge in [0.05, 0.1) is 4.90 Å². The van der Waals surface area contributed by atoms with Crippen molar-refractivity contribution in [1.29, 1.82) is 0 Å². The third-order valence-electron chi connectivity index (χ3n) is 3.82. The number of anilines is 1. The highest BCUT2D eigenvalue weighted by Gasteiger charge is 2.14. The van der Waals surface area contributed by atoms with Gasteiger partial charge >= 0.3 is 0 Å². The fourth-order valence-corrected chi connectivity index (χ4v) is 3.37. The summed E-state index contributed by atoms with van der Waals surface area (Å²) in [7, 11) is -3.51. The van der Waals surface area contributed by atoms with E-state index in [1.807, 2.05) is 13.8 Å². The van der Waals surface area contributed by atoms with E-state index in [1.165, 1.54) is 6.92 Å². The number of aromatic nitrogens is 1. The van der Waals surface area contributed by atoms with Crippen LogP contribution in [0.1, 0.15) is 44.2 Å². The number of nitrogens with one attached hydrogen (secondary N) is 2. The Hall–Kier alpha value is -2.45. The molecule has 0 bridgehead atoms. The summed E-state index contributed by atoms with van der Waals surface area (Å²) in [6, 6.07) is 6.51. The first-order chi connectivity index (χ1) is 12.7. The molecule has 1 amide bonds. The highest BCUT2D eigenvalue weighted by Crippen LogP contribution is 2.22. The number of benzene rings is 1. The fraction of sp³-hybridized carbons (Fsp3) is 0.368. The molecule has 7 nitrogen and oxygen atoms in total. The minimum atomic E-state index is -3.51. The first-order valence-corrected chi connectivity index (χ1v) is 10.2. The van der Waals surface area contributed by atoms with Gasteiger partial charge in [-0.05, 0) is 43.0 Å². The molecule has 1 heterocycles. The number of rotatable bonds is 8. The van der Waals surface area contributed by atoms with E-state index in [-0.39, 0.29) is 10.8 Å². The monoisotopic (exact) mass is 391 g/mol. The maximum Gasteiger partial charge on any atom is 0.240 e. The predicted octanol–water partition coefficient (Wildman–Crippen LogP) is 3.44. The lowest BCUT2D eigenvalue weighted by Crippen LogP contribution is -2.25. The third kappa shape index (κ3) is 6.04. The van der Waals surface area contributed by atoms with Crippen molar-refractivity contribution >= 4 is 33.8 Å². The Morgan fingerprint density at radius 2 is 1.89 bits per heavy atom. The lowest BCUT2D eigenvalue weighted by atomic mass is 10.1. The molecule has 0 spiro atoms. The number of aryl methyl sites for hydroxylation is 1. The number of carbonyl (C=O) groups excluding carboxylic acids is 1. The third-order valence-corrected chi connectivity index (χ3v) is 5.30. The minimum Gasteiger partial charge on any atom is -0.354 e. The van der Waals surface area contributed by atoms with Crippen LogP contribution in [0.3, 0.4) is 0 Å². The summed E-state index contributed by atoms with van der Waals surface area (Å²) in [4.78, 5) is 11.5. The SMILES string of the molecule is CC(=O)Nc1c(C)noc1/C=C\c1ccc(S(=O)(=O)NCCC(C)C)cc1. The van der Waals surface area contributed by atoms with Crippen LogP contribution in [0.2, 0.25) is 0 Å². The van der Waals surface area contributed by atoms with E-state index in [1.54, 1.807) is 43.3 Å². The molecule has 0 saturated heterocycles. The van der Waals surface area contributed by atoms with Gasteiger partial charge in [0.2, 0.25) is 15.9 Å². The highest BCUT2D eigenvalue weighted by atomic mass is 32.2. The average molecular weight is 391 g/mol. The van der Waals surface area contributed by atoms with Crippen LogP contribution in [0.15, 0.2) is 33.7 Å². The number of amides is 1. The van der Waals surface area contributed by atoms with Gasteiger partial charge in [0.25, 0.3) is 0 Å². The maximum absolute atomic E-state index is 12.3. The van der Waals surface area contributed by atoms with E-state index < -0.39 is 10.0 Å². The largest absolute Gasteiger partial charge is 0.354 e. The van der Waals surface area contributed by atoms with E-state index in [2.05, 4.69) is 15.2 Å². The van der Waals surface area contributed by atoms with Crippen molar-refractivity contribution in [2.75, 3.05) is 11.9 Å². The van der Waals surface area contributed by atoms with Crippen LogP contribution < -0.4 is 10.0 Å². The molecule has 0 saturated carbocycles. The van der Waals surface area contributed by atoms with Gasteiger partial charge in [0.1, 0.15) is 11.4 Å². The van der Waals surface area contributed by atoms with Crippen molar-refractivity contribution in [3.63, 3.8) is 0 Å². The van der Waals surface area contributed by atoms with Gasteiger partial charge in [-0.1, -0.05) is 37.2 Å². The number of carbonyl (C=O) groups is 1. The quantitative estimate of drug-likeness (QED) is 0.718. The molecular weight excluding hydrogens is 366 g/mol. The van der Waals surface area contributed by atoms with E-state index >= 15 is 0 Å². The fourth-order valence-electron chi connectivity index (χ4n) is 2.32. The van der Waals surface area contributed by atoms with Crippen LogP contribution in [-0.2, 0) is 14.8 Å². The summed E-state index contributed by atoms with van der Waals surface area (Å²) in [5, 5.41) is 6.52. The smallest absolute Gasteiger partial charge is 0.240 e. The Labute approximate surface area is 159 Å². The molecule has 2 N–H and O–H groups in total. The molecule has 0 unspecified atom stereocenters. The molecule has 2 aromatic rings. The average Bonchev–Trinajstić information content (AvgIpc) is 2.92. The van der Waals surface area contributed by atoms with E-state index in [0.717, 1.165) is 12.0 Å². The molecule has 0 fully saturated rings. The minimum absolute atomic E-state index is 0.213. The molecule has 1 aromatic carbocycles. The Balaban J connectivity index is 2.10. The van der Waals surface area contributed by atoms with Crippen molar-refractivity contribution in [3.05, 3.63) is 41.3 Å². The Morgan fingerprint density at radius 3 is 2.48 bits per heavy atom. The van der Waals surface area contributed by atoms with Crippen molar-refractivity contribution in [2.45, 2.75) is 39.0 Å². The standard InChI is InChI=1S/C19H25N3O4S/c1-13(2)11-12-20-27(24,25)17-8-5-16(6-9-17)7-10-18-19(21-15(4)23)14(3)22-26-18/h5-10,13,20H,11-12H2,1-4H3,(H,21,23)/b10-7-. The number of hydrogen-bond acceptors (Lipinski definition) is 5. The van der Waals surface area contributed by atoms with Gasteiger partial charge in [0, 0.05) is 13.5 Å². The second-order valence-electron chi connectivity index (χ2n) is 6.67. The lowest BCUT2D eigenvalue weighted by Gasteiger charge is -2.08. The molecule has 2 rings (SSSR count). The second-order valence-corrected chi connectivity index (χ2v) is 8.44. The molecule has 0 aliphatic rings. The predicted molar refractivity (Wildman–Crippen MR) is 106 cm³/mol. The van der Waals surface area contributed by atoms with Crippen molar-refractivity contribution in [3.8, 4) is 0 Å². The van der Waals surface area contributed by atoms with E-state index in [9.17, 15) is 13.2 Å². The van der Waals surface area contributed by atoms with Crippen molar-refractivity contribution in [1.82, 2.24) is 9.88 Å². The molecule has 0 aliphatic carbocycles. The van der Waals surface area contributed by atoms with Gasteiger partial charge < -0.3 is 9.84 Å². The van der Waals surface area contributed by atoms with Crippen molar-refractivity contribution < 1.29 is 17.7 Å². The van der Waals surface area contributed by atoms with Gasteiger partial charge in [-0.3, -0.25) is 4.79 Å².